The van der Waals surface area contributed by atoms with Gasteiger partial charge in [-0.2, -0.15) is 0 Å². The van der Waals surface area contributed by atoms with E-state index in [0.717, 1.165) is 11.1 Å². The molecule has 4 aromatic rings. The number of carbonyl (C=O) groups excluding carboxylic acids is 2. The highest BCUT2D eigenvalue weighted by molar-refractivity contribution is 7.89. The Hall–Kier alpha value is -4.49. The first-order valence-electron chi connectivity index (χ1n) is 11.2. The van der Waals surface area contributed by atoms with E-state index in [-0.39, 0.29) is 21.6 Å². The topological polar surface area (TPSA) is 91.8 Å². The SMILES string of the molecule is O=C(CN1/C(=C(/O)c2ccccc2)C(=O)c2ccccc2S1(=O)=O)c1ccc(-c2ccccc2)cc1. The molecule has 0 fully saturated rings. The molecule has 36 heavy (non-hydrogen) atoms. The van der Waals surface area contributed by atoms with Crippen LogP contribution >= 0.6 is 0 Å². The van der Waals surface area contributed by atoms with Gasteiger partial charge in [0.1, 0.15) is 5.70 Å². The molecule has 7 heteroatoms. The minimum absolute atomic E-state index is 0.0501. The van der Waals surface area contributed by atoms with Crippen molar-refractivity contribution in [2.75, 3.05) is 6.54 Å². The zero-order valence-corrected chi connectivity index (χ0v) is 19.9. The largest absolute Gasteiger partial charge is 0.505 e. The molecule has 0 spiro atoms. The number of hydrogen-bond acceptors (Lipinski definition) is 5. The quantitative estimate of drug-likeness (QED) is 0.229. The molecule has 4 aromatic carbocycles. The molecule has 0 aromatic heterocycles. The van der Waals surface area contributed by atoms with Gasteiger partial charge in [0.25, 0.3) is 10.0 Å². The van der Waals surface area contributed by atoms with Crippen LogP contribution in [0, 0.1) is 0 Å². The Balaban J connectivity index is 1.56. The van der Waals surface area contributed by atoms with Crippen LogP contribution in [0.2, 0.25) is 0 Å². The van der Waals surface area contributed by atoms with Crippen molar-refractivity contribution in [3.8, 4) is 11.1 Å². The molecule has 1 N–H and O–H groups in total. The van der Waals surface area contributed by atoms with Gasteiger partial charge in [-0.25, -0.2) is 8.42 Å². The third kappa shape index (κ3) is 4.10. The number of carbonyl (C=O) groups is 2. The summed E-state index contributed by atoms with van der Waals surface area (Å²) in [5, 5.41) is 11.0. The first-order chi connectivity index (χ1) is 17.4. The number of aliphatic hydroxyl groups is 1. The van der Waals surface area contributed by atoms with Crippen molar-refractivity contribution >= 4 is 27.3 Å². The fourth-order valence-corrected chi connectivity index (χ4v) is 5.81. The molecule has 0 unspecified atom stereocenters. The minimum Gasteiger partial charge on any atom is -0.505 e. The van der Waals surface area contributed by atoms with E-state index in [1.807, 2.05) is 30.3 Å². The molecule has 0 amide bonds. The summed E-state index contributed by atoms with van der Waals surface area (Å²) in [6, 6.07) is 30.4. The third-order valence-corrected chi connectivity index (χ3v) is 7.84. The average Bonchev–Trinajstić information content (AvgIpc) is 2.93. The highest BCUT2D eigenvalue weighted by atomic mass is 32.2. The van der Waals surface area contributed by atoms with Crippen LogP contribution in [0.15, 0.2) is 120 Å². The number of benzene rings is 4. The fraction of sp³-hybridized carbons (Fsp3) is 0.0345. The lowest BCUT2D eigenvalue weighted by molar-refractivity contribution is 0.0952. The summed E-state index contributed by atoms with van der Waals surface area (Å²) < 4.78 is 27.9. The molecule has 1 aliphatic heterocycles. The average molecular weight is 496 g/mol. The highest BCUT2D eigenvalue weighted by Crippen LogP contribution is 2.35. The lowest BCUT2D eigenvalue weighted by atomic mass is 10.0. The molecule has 0 saturated carbocycles. The standard InChI is InChI=1S/C29H21NO5S/c31-25(22-17-15-21(16-18-22)20-9-3-1-4-10-20)19-30-27(28(32)23-11-5-2-6-12-23)29(33)24-13-7-8-14-26(24)36(30,34)35/h1-18,32H,19H2/b28-27+. The second kappa shape index (κ2) is 9.28. The lowest BCUT2D eigenvalue weighted by Gasteiger charge is -2.31. The van der Waals surface area contributed by atoms with E-state index >= 15 is 0 Å². The van der Waals surface area contributed by atoms with Crippen LogP contribution in [0.3, 0.4) is 0 Å². The van der Waals surface area contributed by atoms with Crippen molar-refractivity contribution in [2.45, 2.75) is 4.90 Å². The molecule has 178 valence electrons. The number of sulfonamides is 1. The summed E-state index contributed by atoms with van der Waals surface area (Å²) in [7, 11) is -4.30. The number of aliphatic hydroxyl groups excluding tert-OH is 1. The van der Waals surface area contributed by atoms with E-state index in [9.17, 15) is 23.1 Å². The molecule has 6 nitrogen and oxygen atoms in total. The summed E-state index contributed by atoms with van der Waals surface area (Å²) >= 11 is 0. The van der Waals surface area contributed by atoms with Crippen LogP contribution in [0.25, 0.3) is 16.9 Å². The first-order valence-corrected chi connectivity index (χ1v) is 12.7. The van der Waals surface area contributed by atoms with Gasteiger partial charge >= 0.3 is 0 Å². The molecule has 0 bridgehead atoms. The molecular formula is C29H21NO5S. The molecule has 1 heterocycles. The van der Waals surface area contributed by atoms with Gasteiger partial charge in [0, 0.05) is 16.7 Å². The Morgan fingerprint density at radius 3 is 1.92 bits per heavy atom. The normalized spacial score (nSPS) is 15.8. The summed E-state index contributed by atoms with van der Waals surface area (Å²) in [5.41, 5.74) is 1.94. The number of fused-ring (bicyclic) bond motifs is 1. The molecular weight excluding hydrogens is 474 g/mol. The summed E-state index contributed by atoms with van der Waals surface area (Å²) in [6.07, 6.45) is 0. The zero-order valence-electron chi connectivity index (χ0n) is 19.0. The van der Waals surface area contributed by atoms with Crippen molar-refractivity contribution in [3.63, 3.8) is 0 Å². The number of nitrogens with zero attached hydrogens (tertiary/aromatic N) is 1. The van der Waals surface area contributed by atoms with Crippen molar-refractivity contribution < 1.29 is 23.1 Å². The Bertz CT molecular complexity index is 1590. The maximum absolute atomic E-state index is 13.6. The van der Waals surface area contributed by atoms with Gasteiger partial charge in [-0.1, -0.05) is 97.1 Å². The van der Waals surface area contributed by atoms with E-state index in [1.165, 1.54) is 18.2 Å². The number of hydrogen-bond donors (Lipinski definition) is 1. The predicted octanol–water partition coefficient (Wildman–Crippen LogP) is 5.35. The van der Waals surface area contributed by atoms with Gasteiger partial charge in [0.05, 0.1) is 11.4 Å². The lowest BCUT2D eigenvalue weighted by Crippen LogP contribution is -2.42. The molecule has 0 radical (unpaired) electrons. The molecule has 1 aliphatic rings. The van der Waals surface area contributed by atoms with E-state index in [4.69, 9.17) is 0 Å². The summed E-state index contributed by atoms with van der Waals surface area (Å²) in [5.74, 6) is -1.69. The van der Waals surface area contributed by atoms with Crippen LogP contribution in [0.4, 0.5) is 0 Å². The van der Waals surface area contributed by atoms with Crippen LogP contribution in [-0.4, -0.2) is 35.9 Å². The monoisotopic (exact) mass is 495 g/mol. The van der Waals surface area contributed by atoms with Gasteiger partial charge < -0.3 is 5.11 Å². The van der Waals surface area contributed by atoms with Crippen molar-refractivity contribution in [1.29, 1.82) is 0 Å². The zero-order chi connectivity index (χ0) is 25.3. The van der Waals surface area contributed by atoms with Crippen molar-refractivity contribution in [1.82, 2.24) is 4.31 Å². The smallest absolute Gasteiger partial charge is 0.265 e. The first kappa shape index (κ1) is 23.3. The fourth-order valence-electron chi connectivity index (χ4n) is 4.18. The predicted molar refractivity (Wildman–Crippen MR) is 137 cm³/mol. The summed E-state index contributed by atoms with van der Waals surface area (Å²) in [6.45, 7) is -0.640. The number of rotatable bonds is 5. The van der Waals surface area contributed by atoms with Gasteiger partial charge in [0.2, 0.25) is 5.78 Å². The van der Waals surface area contributed by atoms with E-state index in [0.29, 0.717) is 4.31 Å². The van der Waals surface area contributed by atoms with E-state index < -0.39 is 39.6 Å². The van der Waals surface area contributed by atoms with Gasteiger partial charge in [-0.05, 0) is 23.3 Å². The van der Waals surface area contributed by atoms with Gasteiger partial charge in [-0.15, -0.1) is 0 Å². The maximum atomic E-state index is 13.6. The number of ketones is 2. The molecule has 5 rings (SSSR count). The Morgan fingerprint density at radius 2 is 1.25 bits per heavy atom. The van der Waals surface area contributed by atoms with Crippen molar-refractivity contribution in [2.24, 2.45) is 0 Å². The Kier molecular flexibility index (Phi) is 6.00. The van der Waals surface area contributed by atoms with Crippen LogP contribution in [0.1, 0.15) is 26.3 Å². The van der Waals surface area contributed by atoms with Crippen LogP contribution in [-0.2, 0) is 10.0 Å². The molecule has 0 atom stereocenters. The molecule has 0 saturated heterocycles. The Labute approximate surface area is 208 Å². The van der Waals surface area contributed by atoms with Crippen molar-refractivity contribution in [3.05, 3.63) is 132 Å². The number of Topliss-reactive ketones (excluding diaryl/α,β-unsaturated/α-hetero) is 2. The van der Waals surface area contributed by atoms with E-state index in [2.05, 4.69) is 0 Å². The molecule has 0 aliphatic carbocycles. The highest BCUT2D eigenvalue weighted by Gasteiger charge is 2.42. The Morgan fingerprint density at radius 1 is 0.694 bits per heavy atom. The number of allylic oxidation sites excluding steroid dienone is 1. The summed E-state index contributed by atoms with van der Waals surface area (Å²) in [4.78, 5) is 26.5. The van der Waals surface area contributed by atoms with E-state index in [1.54, 1.807) is 60.7 Å². The maximum Gasteiger partial charge on any atom is 0.265 e. The van der Waals surface area contributed by atoms with Crippen LogP contribution < -0.4 is 0 Å². The second-order valence-electron chi connectivity index (χ2n) is 8.27. The van der Waals surface area contributed by atoms with Crippen LogP contribution in [0.5, 0.6) is 0 Å². The third-order valence-electron chi connectivity index (χ3n) is 6.04. The minimum atomic E-state index is -4.30. The van der Waals surface area contributed by atoms with Gasteiger partial charge in [0.15, 0.2) is 11.5 Å². The van der Waals surface area contributed by atoms with Gasteiger partial charge in [-0.3, -0.25) is 13.9 Å². The second-order valence-corrected chi connectivity index (χ2v) is 10.1.